The van der Waals surface area contributed by atoms with Crippen molar-refractivity contribution in [1.29, 1.82) is 0 Å². The van der Waals surface area contributed by atoms with E-state index in [1.807, 2.05) is 67.5 Å². The highest BCUT2D eigenvalue weighted by atomic mass is 32.2. The van der Waals surface area contributed by atoms with Gasteiger partial charge in [-0.1, -0.05) is 6.07 Å². The van der Waals surface area contributed by atoms with Gasteiger partial charge in [0.05, 0.1) is 17.0 Å². The Kier molecular flexibility index (Phi) is 8.13. The molecule has 25 heavy (non-hydrogen) atoms. The SMILES string of the molecule is CC(CCc1ccc(OC(C)C)c(OC(C)C)c1)=N[S@](=O)C(C)(C)C. The number of rotatable bonds is 8. The summed E-state index contributed by atoms with van der Waals surface area (Å²) in [5.41, 5.74) is 2.06. The van der Waals surface area contributed by atoms with Gasteiger partial charge in [0.15, 0.2) is 11.5 Å². The fourth-order valence-corrected chi connectivity index (χ4v) is 2.70. The molecule has 0 saturated carbocycles. The zero-order valence-corrected chi connectivity index (χ0v) is 17.7. The Labute approximate surface area is 155 Å². The third-order valence-corrected chi connectivity index (χ3v) is 4.80. The second kappa shape index (κ2) is 9.37. The molecule has 0 aliphatic heterocycles. The van der Waals surface area contributed by atoms with Gasteiger partial charge in [-0.15, -0.1) is 0 Å². The average molecular weight is 368 g/mol. The van der Waals surface area contributed by atoms with E-state index in [4.69, 9.17) is 9.47 Å². The number of hydrogen-bond donors (Lipinski definition) is 0. The topological polar surface area (TPSA) is 47.9 Å². The van der Waals surface area contributed by atoms with Crippen LogP contribution in [0.25, 0.3) is 0 Å². The summed E-state index contributed by atoms with van der Waals surface area (Å²) in [7, 11) is -1.20. The first kappa shape index (κ1) is 21.7. The van der Waals surface area contributed by atoms with Gasteiger partial charge < -0.3 is 9.47 Å². The van der Waals surface area contributed by atoms with Gasteiger partial charge >= 0.3 is 0 Å². The monoisotopic (exact) mass is 367 g/mol. The summed E-state index contributed by atoms with van der Waals surface area (Å²) >= 11 is 0. The molecule has 142 valence electrons. The van der Waals surface area contributed by atoms with E-state index in [-0.39, 0.29) is 17.0 Å². The van der Waals surface area contributed by atoms with Crippen LogP contribution in [0.15, 0.2) is 22.6 Å². The number of benzene rings is 1. The second-order valence-corrected chi connectivity index (χ2v) is 9.71. The van der Waals surface area contributed by atoms with Crippen LogP contribution in [-0.2, 0) is 17.4 Å². The van der Waals surface area contributed by atoms with Gasteiger partial charge in [-0.2, -0.15) is 4.40 Å². The molecular weight excluding hydrogens is 334 g/mol. The van der Waals surface area contributed by atoms with E-state index in [9.17, 15) is 4.21 Å². The first-order chi connectivity index (χ1) is 11.5. The van der Waals surface area contributed by atoms with Crippen molar-refractivity contribution >= 4 is 16.7 Å². The lowest BCUT2D eigenvalue weighted by Gasteiger charge is -2.18. The molecule has 0 bridgehead atoms. The van der Waals surface area contributed by atoms with Crippen LogP contribution in [0.4, 0.5) is 0 Å². The fourth-order valence-electron chi connectivity index (χ4n) is 2.05. The smallest absolute Gasteiger partial charge is 0.161 e. The van der Waals surface area contributed by atoms with Crippen LogP contribution in [0.2, 0.25) is 0 Å². The van der Waals surface area contributed by atoms with Crippen molar-refractivity contribution < 1.29 is 13.7 Å². The maximum Gasteiger partial charge on any atom is 0.161 e. The van der Waals surface area contributed by atoms with Crippen molar-refractivity contribution in [2.45, 2.75) is 85.2 Å². The molecule has 4 nitrogen and oxygen atoms in total. The minimum Gasteiger partial charge on any atom is -0.487 e. The zero-order valence-electron chi connectivity index (χ0n) is 16.9. The van der Waals surface area contributed by atoms with Crippen LogP contribution < -0.4 is 9.47 Å². The maximum absolute atomic E-state index is 12.1. The number of aryl methyl sites for hydroxylation is 1. The van der Waals surface area contributed by atoms with Gasteiger partial charge in [-0.25, -0.2) is 4.21 Å². The molecule has 1 aromatic rings. The molecule has 1 atom stereocenters. The first-order valence-electron chi connectivity index (χ1n) is 8.91. The van der Waals surface area contributed by atoms with Crippen molar-refractivity contribution in [3.8, 4) is 11.5 Å². The van der Waals surface area contributed by atoms with Crippen LogP contribution >= 0.6 is 0 Å². The predicted octanol–water partition coefficient (Wildman–Crippen LogP) is 5.12. The third kappa shape index (κ3) is 8.04. The Hall–Kier alpha value is -1.36. The summed E-state index contributed by atoms with van der Waals surface area (Å²) in [5.74, 6) is 1.54. The molecule has 0 fully saturated rings. The van der Waals surface area contributed by atoms with E-state index in [1.54, 1.807) is 0 Å². The first-order valence-corrected chi connectivity index (χ1v) is 10.0. The van der Waals surface area contributed by atoms with Crippen molar-refractivity contribution in [2.75, 3.05) is 0 Å². The lowest BCUT2D eigenvalue weighted by atomic mass is 10.1. The van der Waals surface area contributed by atoms with Crippen LogP contribution in [0, 0.1) is 0 Å². The summed E-state index contributed by atoms with van der Waals surface area (Å²) < 4.78 is 27.8. The van der Waals surface area contributed by atoms with Gasteiger partial charge in [-0.3, -0.25) is 0 Å². The Balaban J connectivity index is 2.85. The maximum atomic E-state index is 12.1. The summed E-state index contributed by atoms with van der Waals surface area (Å²) in [6.07, 6.45) is 1.78. The quantitative estimate of drug-likeness (QED) is 0.599. The molecule has 0 aromatic heterocycles. The highest BCUT2D eigenvalue weighted by Gasteiger charge is 2.19. The Morgan fingerprint density at radius 1 is 1.08 bits per heavy atom. The zero-order chi connectivity index (χ0) is 19.2. The largest absolute Gasteiger partial charge is 0.487 e. The fraction of sp³-hybridized carbons (Fsp3) is 0.650. The summed E-state index contributed by atoms with van der Waals surface area (Å²) in [6, 6.07) is 6.05. The molecule has 1 aromatic carbocycles. The minimum absolute atomic E-state index is 0.0854. The molecular formula is C20H33NO3S. The van der Waals surface area contributed by atoms with E-state index >= 15 is 0 Å². The van der Waals surface area contributed by atoms with Gasteiger partial charge in [0.25, 0.3) is 0 Å². The Morgan fingerprint density at radius 2 is 1.64 bits per heavy atom. The molecule has 5 heteroatoms. The molecule has 0 heterocycles. The summed E-state index contributed by atoms with van der Waals surface area (Å²) in [5, 5.41) is 0. The van der Waals surface area contributed by atoms with Crippen molar-refractivity contribution in [3.05, 3.63) is 23.8 Å². The summed E-state index contributed by atoms with van der Waals surface area (Å²) in [6.45, 7) is 15.7. The lowest BCUT2D eigenvalue weighted by molar-refractivity contribution is 0.198. The van der Waals surface area contributed by atoms with E-state index in [0.717, 1.165) is 35.6 Å². The molecule has 0 spiro atoms. The third-order valence-electron chi connectivity index (χ3n) is 3.27. The summed E-state index contributed by atoms with van der Waals surface area (Å²) in [4.78, 5) is 0. The molecule has 1 rings (SSSR count). The van der Waals surface area contributed by atoms with Gasteiger partial charge in [0.2, 0.25) is 0 Å². The Bertz CT molecular complexity index is 616. The normalized spacial score (nSPS) is 14.1. The van der Waals surface area contributed by atoms with Crippen LogP contribution in [-0.4, -0.2) is 26.9 Å². The number of hydrogen-bond acceptors (Lipinski definition) is 3. The van der Waals surface area contributed by atoms with Gasteiger partial charge in [0.1, 0.15) is 11.0 Å². The average Bonchev–Trinajstić information content (AvgIpc) is 2.45. The van der Waals surface area contributed by atoms with E-state index in [0.29, 0.717) is 0 Å². The number of nitrogens with zero attached hydrogens (tertiary/aromatic N) is 1. The minimum atomic E-state index is -1.20. The number of ether oxygens (including phenoxy) is 2. The second-order valence-electron chi connectivity index (χ2n) is 7.80. The van der Waals surface area contributed by atoms with Crippen molar-refractivity contribution in [1.82, 2.24) is 0 Å². The van der Waals surface area contributed by atoms with Crippen molar-refractivity contribution in [3.63, 3.8) is 0 Å². The van der Waals surface area contributed by atoms with Crippen molar-refractivity contribution in [2.24, 2.45) is 4.40 Å². The van der Waals surface area contributed by atoms with Crippen LogP contribution in [0.3, 0.4) is 0 Å². The van der Waals surface area contributed by atoms with Crippen LogP contribution in [0.5, 0.6) is 11.5 Å². The molecule has 0 amide bonds. The molecule has 0 unspecified atom stereocenters. The van der Waals surface area contributed by atoms with Crippen LogP contribution in [0.1, 0.15) is 67.4 Å². The highest BCUT2D eigenvalue weighted by molar-refractivity contribution is 7.85. The molecule has 0 saturated heterocycles. The standard InChI is InChI=1S/C20H33NO3S/c1-14(2)23-18-12-11-17(13-19(18)24-15(3)4)10-9-16(5)21-25(22)20(6,7)8/h11-15H,9-10H2,1-8H3/t25-/m1/s1. The lowest BCUT2D eigenvalue weighted by Crippen LogP contribution is -2.20. The van der Waals surface area contributed by atoms with E-state index in [1.165, 1.54) is 0 Å². The van der Waals surface area contributed by atoms with E-state index < -0.39 is 11.0 Å². The molecule has 0 aliphatic rings. The van der Waals surface area contributed by atoms with Gasteiger partial charge in [0, 0.05) is 5.71 Å². The van der Waals surface area contributed by atoms with Gasteiger partial charge in [-0.05, 0) is 85.9 Å². The molecule has 0 aliphatic carbocycles. The molecule has 0 radical (unpaired) electrons. The van der Waals surface area contributed by atoms with E-state index in [2.05, 4.69) is 10.5 Å². The predicted molar refractivity (Wildman–Crippen MR) is 107 cm³/mol. The molecule has 0 N–H and O–H groups in total. The Morgan fingerprint density at radius 3 is 2.16 bits per heavy atom. The highest BCUT2D eigenvalue weighted by Crippen LogP contribution is 2.30.